The molecule has 0 heterocycles. The van der Waals surface area contributed by atoms with Gasteiger partial charge in [-0.05, 0) is 50.6 Å². The second-order valence-electron chi connectivity index (χ2n) is 9.11. The number of hydrogen-bond acceptors (Lipinski definition) is 5. The Hall–Kier alpha value is -3.92. The lowest BCUT2D eigenvalue weighted by molar-refractivity contribution is -0.139. The van der Waals surface area contributed by atoms with Crippen molar-refractivity contribution in [3.8, 4) is 5.75 Å². The Morgan fingerprint density at radius 2 is 1.72 bits per heavy atom. The predicted molar refractivity (Wildman–Crippen MR) is 148 cm³/mol. The molecule has 10 heteroatoms. The number of anilines is 1. The summed E-state index contributed by atoms with van der Waals surface area (Å²) >= 11 is 0. The van der Waals surface area contributed by atoms with Crippen molar-refractivity contribution >= 4 is 27.5 Å². The summed E-state index contributed by atoms with van der Waals surface area (Å²) in [4.78, 5) is 27.9. The number of benzene rings is 3. The highest BCUT2D eigenvalue weighted by Gasteiger charge is 2.33. The Balaban J connectivity index is 2.05. The number of nitrogens with zero attached hydrogens (tertiary/aromatic N) is 2. The van der Waals surface area contributed by atoms with E-state index in [1.807, 2.05) is 13.8 Å². The van der Waals surface area contributed by atoms with Gasteiger partial charge in [-0.3, -0.25) is 13.9 Å². The van der Waals surface area contributed by atoms with Gasteiger partial charge in [0.05, 0.1) is 17.7 Å². The molecule has 0 spiro atoms. The minimum absolute atomic E-state index is 0.00175. The van der Waals surface area contributed by atoms with Gasteiger partial charge in [0, 0.05) is 24.7 Å². The van der Waals surface area contributed by atoms with Crippen molar-refractivity contribution in [3.05, 3.63) is 89.7 Å². The SMILES string of the molecule is CCCNC(=O)[C@@H](C)N(Cc1ccccc1F)C(=O)CN(c1cccc(OC)c1)S(=O)(=O)c1ccc(C)cc1. The third-order valence-corrected chi connectivity index (χ3v) is 8.03. The molecule has 1 N–H and O–H groups in total. The Morgan fingerprint density at radius 1 is 1.03 bits per heavy atom. The molecule has 2 amide bonds. The van der Waals surface area contributed by atoms with Crippen LogP contribution in [0.1, 0.15) is 31.4 Å². The van der Waals surface area contributed by atoms with Crippen molar-refractivity contribution in [2.45, 2.75) is 44.7 Å². The highest BCUT2D eigenvalue weighted by molar-refractivity contribution is 7.92. The lowest BCUT2D eigenvalue weighted by Gasteiger charge is -2.32. The summed E-state index contributed by atoms with van der Waals surface area (Å²) in [7, 11) is -2.76. The number of carbonyl (C=O) groups is 2. The normalized spacial score (nSPS) is 11.9. The van der Waals surface area contributed by atoms with Crippen LogP contribution in [0.5, 0.6) is 5.75 Å². The number of amides is 2. The Bertz CT molecular complexity index is 1400. The van der Waals surface area contributed by atoms with Gasteiger partial charge < -0.3 is 15.0 Å². The fourth-order valence-electron chi connectivity index (χ4n) is 3.92. The average Bonchev–Trinajstić information content (AvgIpc) is 2.93. The van der Waals surface area contributed by atoms with Crippen molar-refractivity contribution in [3.63, 3.8) is 0 Å². The van der Waals surface area contributed by atoms with Crippen LogP contribution in [0.4, 0.5) is 10.1 Å². The van der Waals surface area contributed by atoms with E-state index in [4.69, 9.17) is 4.74 Å². The maximum atomic E-state index is 14.6. The van der Waals surface area contributed by atoms with Crippen LogP contribution in [-0.2, 0) is 26.2 Å². The molecule has 0 aliphatic carbocycles. The van der Waals surface area contributed by atoms with Crippen molar-refractivity contribution in [1.82, 2.24) is 10.2 Å². The molecule has 3 aromatic carbocycles. The van der Waals surface area contributed by atoms with Crippen LogP contribution in [0.25, 0.3) is 0 Å². The van der Waals surface area contributed by atoms with Crippen molar-refractivity contribution in [2.24, 2.45) is 0 Å². The zero-order valence-electron chi connectivity index (χ0n) is 22.6. The first kappa shape index (κ1) is 29.6. The number of methoxy groups -OCH3 is 1. The first-order valence-electron chi connectivity index (χ1n) is 12.6. The quantitative estimate of drug-likeness (QED) is 0.360. The van der Waals surface area contributed by atoms with Crippen LogP contribution in [0.2, 0.25) is 0 Å². The van der Waals surface area contributed by atoms with E-state index < -0.39 is 40.2 Å². The van der Waals surface area contributed by atoms with Gasteiger partial charge in [-0.25, -0.2) is 12.8 Å². The Kier molecular flexibility index (Phi) is 10.1. The molecule has 0 radical (unpaired) electrons. The summed E-state index contributed by atoms with van der Waals surface area (Å²) in [6.07, 6.45) is 0.693. The van der Waals surface area contributed by atoms with Gasteiger partial charge in [-0.15, -0.1) is 0 Å². The first-order chi connectivity index (χ1) is 18.6. The molecule has 8 nitrogen and oxygen atoms in total. The molecule has 3 rings (SSSR count). The third-order valence-electron chi connectivity index (χ3n) is 6.24. The van der Waals surface area contributed by atoms with Gasteiger partial charge in [-0.1, -0.05) is 48.9 Å². The monoisotopic (exact) mass is 555 g/mol. The summed E-state index contributed by atoms with van der Waals surface area (Å²) in [6.45, 7) is 4.84. The Morgan fingerprint density at radius 3 is 2.36 bits per heavy atom. The molecule has 1 atom stereocenters. The summed E-state index contributed by atoms with van der Waals surface area (Å²) in [5.74, 6) is -1.22. The van der Waals surface area contributed by atoms with Crippen molar-refractivity contribution < 1.29 is 27.1 Å². The summed E-state index contributed by atoms with van der Waals surface area (Å²) in [6, 6.07) is 17.6. The minimum Gasteiger partial charge on any atom is -0.497 e. The number of hydrogen-bond donors (Lipinski definition) is 1. The van der Waals surface area contributed by atoms with E-state index in [1.165, 1.54) is 55.3 Å². The van der Waals surface area contributed by atoms with E-state index in [0.29, 0.717) is 18.7 Å². The summed E-state index contributed by atoms with van der Waals surface area (Å²) < 4.78 is 48.5. The lowest BCUT2D eigenvalue weighted by atomic mass is 10.1. The number of nitrogens with one attached hydrogen (secondary N) is 1. The third kappa shape index (κ3) is 7.35. The predicted octanol–water partition coefficient (Wildman–Crippen LogP) is 4.28. The Labute approximate surface area is 229 Å². The summed E-state index contributed by atoms with van der Waals surface area (Å²) in [5.41, 5.74) is 1.29. The van der Waals surface area contributed by atoms with Crippen LogP contribution < -0.4 is 14.4 Å². The fraction of sp³-hybridized carbons (Fsp3) is 0.310. The van der Waals surface area contributed by atoms with Crippen LogP contribution in [0.15, 0.2) is 77.7 Å². The van der Waals surface area contributed by atoms with E-state index in [9.17, 15) is 22.4 Å². The maximum absolute atomic E-state index is 14.6. The number of rotatable bonds is 12. The van der Waals surface area contributed by atoms with E-state index in [-0.39, 0.29) is 22.7 Å². The molecule has 3 aromatic rings. The molecule has 0 aromatic heterocycles. The fourth-order valence-corrected chi connectivity index (χ4v) is 5.33. The zero-order chi connectivity index (χ0) is 28.6. The number of aryl methyl sites for hydroxylation is 1. The van der Waals surface area contributed by atoms with E-state index in [0.717, 1.165) is 9.87 Å². The van der Waals surface area contributed by atoms with Gasteiger partial charge in [0.2, 0.25) is 11.8 Å². The van der Waals surface area contributed by atoms with Crippen molar-refractivity contribution in [2.75, 3.05) is 24.5 Å². The number of halogens is 1. The van der Waals surface area contributed by atoms with E-state index >= 15 is 0 Å². The highest BCUT2D eigenvalue weighted by atomic mass is 32.2. The van der Waals surface area contributed by atoms with Gasteiger partial charge in [-0.2, -0.15) is 0 Å². The van der Waals surface area contributed by atoms with Crippen LogP contribution in [-0.4, -0.2) is 51.4 Å². The highest BCUT2D eigenvalue weighted by Crippen LogP contribution is 2.28. The molecule has 0 aliphatic rings. The molecule has 208 valence electrons. The second kappa shape index (κ2) is 13.2. The molecular weight excluding hydrogens is 521 g/mol. The van der Waals surface area contributed by atoms with E-state index in [2.05, 4.69) is 5.32 Å². The molecule has 0 saturated carbocycles. The number of sulfonamides is 1. The van der Waals surface area contributed by atoms with Crippen molar-refractivity contribution in [1.29, 1.82) is 0 Å². The van der Waals surface area contributed by atoms with Gasteiger partial charge in [0.1, 0.15) is 24.2 Å². The molecule has 0 unspecified atom stereocenters. The largest absolute Gasteiger partial charge is 0.497 e. The number of carbonyl (C=O) groups excluding carboxylic acids is 2. The summed E-state index contributed by atoms with van der Waals surface area (Å²) in [5, 5.41) is 2.75. The molecule has 0 aliphatic heterocycles. The standard InChI is InChI=1S/C29H34FN3O5S/c1-5-17-31-29(35)22(3)32(19-23-9-6-7-12-27(23)30)28(34)20-33(24-10-8-11-25(18-24)38-4)39(36,37)26-15-13-21(2)14-16-26/h6-16,18,22H,5,17,19-20H2,1-4H3,(H,31,35)/t22-/m1/s1. The van der Waals surface area contributed by atoms with Crippen LogP contribution in [0, 0.1) is 12.7 Å². The molecule has 0 saturated heterocycles. The van der Waals surface area contributed by atoms with Gasteiger partial charge in [0.15, 0.2) is 0 Å². The number of ether oxygens (including phenoxy) is 1. The van der Waals surface area contributed by atoms with Crippen LogP contribution >= 0.6 is 0 Å². The first-order valence-corrected chi connectivity index (χ1v) is 14.1. The van der Waals surface area contributed by atoms with E-state index in [1.54, 1.807) is 36.4 Å². The molecule has 0 bridgehead atoms. The smallest absolute Gasteiger partial charge is 0.264 e. The molecular formula is C29H34FN3O5S. The average molecular weight is 556 g/mol. The van der Waals surface area contributed by atoms with Crippen LogP contribution in [0.3, 0.4) is 0 Å². The molecule has 0 fully saturated rings. The minimum atomic E-state index is -4.21. The second-order valence-corrected chi connectivity index (χ2v) is 11.0. The molecule has 39 heavy (non-hydrogen) atoms. The van der Waals surface area contributed by atoms with Gasteiger partial charge >= 0.3 is 0 Å². The topological polar surface area (TPSA) is 96.0 Å². The van der Waals surface area contributed by atoms with Gasteiger partial charge in [0.25, 0.3) is 10.0 Å². The maximum Gasteiger partial charge on any atom is 0.264 e. The zero-order valence-corrected chi connectivity index (χ0v) is 23.4. The lowest BCUT2D eigenvalue weighted by Crippen LogP contribution is -2.51.